The van der Waals surface area contributed by atoms with E-state index in [0.717, 1.165) is 29.8 Å². The first-order valence-electron chi connectivity index (χ1n) is 9.99. The number of methoxy groups -OCH3 is 1. The molecule has 160 valence electrons. The SMILES string of the molecule is COc1ccc(-c2csc(NC(=O)C3CCCN(C(=O)c4ccc(Cl)cc4)C3)n2)cc1. The molecule has 1 atom stereocenters. The van der Waals surface area contributed by atoms with Crippen molar-refractivity contribution in [2.24, 2.45) is 5.92 Å². The fourth-order valence-electron chi connectivity index (χ4n) is 3.58. The van der Waals surface area contributed by atoms with Crippen molar-refractivity contribution in [2.45, 2.75) is 12.8 Å². The first kappa shape index (κ1) is 21.3. The number of piperidine rings is 1. The van der Waals surface area contributed by atoms with E-state index in [-0.39, 0.29) is 17.7 Å². The topological polar surface area (TPSA) is 71.5 Å². The van der Waals surface area contributed by atoms with E-state index < -0.39 is 0 Å². The van der Waals surface area contributed by atoms with Crippen molar-refractivity contribution in [3.63, 3.8) is 0 Å². The summed E-state index contributed by atoms with van der Waals surface area (Å²) < 4.78 is 5.18. The lowest BCUT2D eigenvalue weighted by Gasteiger charge is -2.32. The second kappa shape index (κ2) is 9.49. The minimum absolute atomic E-state index is 0.0785. The van der Waals surface area contributed by atoms with Crippen LogP contribution in [0.3, 0.4) is 0 Å². The van der Waals surface area contributed by atoms with Crippen molar-refractivity contribution in [3.8, 4) is 17.0 Å². The van der Waals surface area contributed by atoms with Crippen molar-refractivity contribution in [1.29, 1.82) is 0 Å². The Morgan fingerprint density at radius 2 is 1.90 bits per heavy atom. The first-order valence-corrected chi connectivity index (χ1v) is 11.2. The molecule has 0 radical (unpaired) electrons. The number of amides is 2. The zero-order valence-electron chi connectivity index (χ0n) is 17.0. The van der Waals surface area contributed by atoms with Gasteiger partial charge in [-0.3, -0.25) is 9.59 Å². The third-order valence-corrected chi connectivity index (χ3v) is 6.30. The molecule has 0 aliphatic carbocycles. The van der Waals surface area contributed by atoms with Crippen molar-refractivity contribution < 1.29 is 14.3 Å². The van der Waals surface area contributed by atoms with Gasteiger partial charge in [-0.05, 0) is 61.4 Å². The zero-order valence-corrected chi connectivity index (χ0v) is 18.6. The van der Waals surface area contributed by atoms with Crippen LogP contribution in [-0.2, 0) is 4.79 Å². The van der Waals surface area contributed by atoms with Crippen LogP contribution >= 0.6 is 22.9 Å². The summed E-state index contributed by atoms with van der Waals surface area (Å²) in [6, 6.07) is 14.4. The number of likely N-dealkylation sites (tertiary alicyclic amines) is 1. The van der Waals surface area contributed by atoms with Gasteiger partial charge in [0.25, 0.3) is 5.91 Å². The molecule has 1 saturated heterocycles. The number of carbonyl (C=O) groups is 2. The van der Waals surface area contributed by atoms with Crippen molar-refractivity contribution in [1.82, 2.24) is 9.88 Å². The smallest absolute Gasteiger partial charge is 0.253 e. The molecule has 31 heavy (non-hydrogen) atoms. The fraction of sp³-hybridized carbons (Fsp3) is 0.261. The summed E-state index contributed by atoms with van der Waals surface area (Å²) >= 11 is 7.29. The normalized spacial score (nSPS) is 16.1. The van der Waals surface area contributed by atoms with Crippen LogP contribution in [0.4, 0.5) is 5.13 Å². The summed E-state index contributed by atoms with van der Waals surface area (Å²) in [5.41, 5.74) is 2.33. The van der Waals surface area contributed by atoms with Crippen LogP contribution in [0.5, 0.6) is 5.75 Å². The molecule has 8 heteroatoms. The molecule has 2 aromatic carbocycles. The van der Waals surface area contributed by atoms with Gasteiger partial charge in [0.1, 0.15) is 5.75 Å². The van der Waals surface area contributed by atoms with Gasteiger partial charge in [0.05, 0.1) is 18.7 Å². The third-order valence-electron chi connectivity index (χ3n) is 5.29. The van der Waals surface area contributed by atoms with E-state index in [4.69, 9.17) is 16.3 Å². The Bertz CT molecular complexity index is 1070. The molecule has 0 bridgehead atoms. The average molecular weight is 456 g/mol. The van der Waals surface area contributed by atoms with Crippen molar-refractivity contribution in [3.05, 3.63) is 64.5 Å². The zero-order chi connectivity index (χ0) is 21.8. The van der Waals surface area contributed by atoms with E-state index in [1.807, 2.05) is 29.6 Å². The Balaban J connectivity index is 1.38. The predicted octanol–water partition coefficient (Wildman–Crippen LogP) is 4.96. The molecule has 1 aliphatic rings. The maximum Gasteiger partial charge on any atom is 0.253 e. The maximum atomic E-state index is 12.8. The summed E-state index contributed by atoms with van der Waals surface area (Å²) in [6.07, 6.45) is 1.53. The van der Waals surface area contributed by atoms with E-state index >= 15 is 0 Å². The fourth-order valence-corrected chi connectivity index (χ4v) is 4.43. The quantitative estimate of drug-likeness (QED) is 0.590. The molecule has 1 unspecified atom stereocenters. The number of halogens is 1. The van der Waals surface area contributed by atoms with Crippen LogP contribution in [0.25, 0.3) is 11.3 Å². The number of hydrogen-bond acceptors (Lipinski definition) is 5. The van der Waals surface area contributed by atoms with Crippen LogP contribution in [0, 0.1) is 5.92 Å². The molecule has 4 rings (SSSR count). The minimum Gasteiger partial charge on any atom is -0.497 e. The van der Waals surface area contributed by atoms with E-state index in [2.05, 4.69) is 10.3 Å². The van der Waals surface area contributed by atoms with E-state index in [9.17, 15) is 9.59 Å². The second-order valence-corrected chi connectivity index (χ2v) is 8.65. The number of ether oxygens (including phenoxy) is 1. The lowest BCUT2D eigenvalue weighted by Crippen LogP contribution is -2.43. The van der Waals surface area contributed by atoms with Gasteiger partial charge in [-0.25, -0.2) is 4.98 Å². The molecule has 1 aromatic heterocycles. The van der Waals surface area contributed by atoms with Crippen molar-refractivity contribution >= 4 is 39.9 Å². The largest absolute Gasteiger partial charge is 0.497 e. The number of aromatic nitrogens is 1. The number of nitrogens with one attached hydrogen (secondary N) is 1. The lowest BCUT2D eigenvalue weighted by molar-refractivity contribution is -0.121. The van der Waals surface area contributed by atoms with Gasteiger partial charge in [0.2, 0.25) is 5.91 Å². The highest BCUT2D eigenvalue weighted by molar-refractivity contribution is 7.14. The second-order valence-electron chi connectivity index (χ2n) is 7.35. The molecule has 1 fully saturated rings. The maximum absolute atomic E-state index is 12.8. The van der Waals surface area contributed by atoms with E-state index in [0.29, 0.717) is 28.8 Å². The average Bonchev–Trinajstić information content (AvgIpc) is 3.27. The van der Waals surface area contributed by atoms with Crippen molar-refractivity contribution in [2.75, 3.05) is 25.5 Å². The molecule has 3 aromatic rings. The number of benzene rings is 2. The Hall–Kier alpha value is -2.90. The Morgan fingerprint density at radius 1 is 1.16 bits per heavy atom. The third kappa shape index (κ3) is 5.06. The van der Waals surface area contributed by atoms with Gasteiger partial charge >= 0.3 is 0 Å². The van der Waals surface area contributed by atoms with Crippen LogP contribution in [0.2, 0.25) is 5.02 Å². The van der Waals surface area contributed by atoms with Gasteiger partial charge < -0.3 is 15.0 Å². The monoisotopic (exact) mass is 455 g/mol. The Morgan fingerprint density at radius 3 is 2.61 bits per heavy atom. The van der Waals surface area contributed by atoms with Gasteiger partial charge in [0, 0.05) is 34.6 Å². The van der Waals surface area contributed by atoms with Gasteiger partial charge in [0.15, 0.2) is 5.13 Å². The summed E-state index contributed by atoms with van der Waals surface area (Å²) in [4.78, 5) is 31.9. The first-order chi connectivity index (χ1) is 15.0. The van der Waals surface area contributed by atoms with Gasteiger partial charge in [-0.2, -0.15) is 0 Å². The number of hydrogen-bond donors (Lipinski definition) is 1. The Labute approximate surface area is 189 Å². The van der Waals surface area contributed by atoms with Crippen LogP contribution in [0.15, 0.2) is 53.9 Å². The summed E-state index contributed by atoms with van der Waals surface area (Å²) in [7, 11) is 1.63. The number of rotatable bonds is 5. The number of nitrogens with zero attached hydrogens (tertiary/aromatic N) is 2. The molecule has 1 N–H and O–H groups in total. The summed E-state index contributed by atoms with van der Waals surface area (Å²) in [5.74, 6) is 0.329. The Kier molecular flexibility index (Phi) is 6.53. The molecule has 6 nitrogen and oxygen atoms in total. The minimum atomic E-state index is -0.265. The highest BCUT2D eigenvalue weighted by Crippen LogP contribution is 2.28. The molecular weight excluding hydrogens is 434 g/mol. The van der Waals surface area contributed by atoms with E-state index in [1.54, 1.807) is 36.3 Å². The summed E-state index contributed by atoms with van der Waals surface area (Å²) in [6.45, 7) is 1.04. The highest BCUT2D eigenvalue weighted by atomic mass is 35.5. The van der Waals surface area contributed by atoms with Crippen LogP contribution in [0.1, 0.15) is 23.2 Å². The lowest BCUT2D eigenvalue weighted by atomic mass is 9.96. The number of anilines is 1. The summed E-state index contributed by atoms with van der Waals surface area (Å²) in [5, 5.41) is 5.97. The van der Waals surface area contributed by atoms with Gasteiger partial charge in [-0.1, -0.05) is 11.6 Å². The molecule has 0 spiro atoms. The number of carbonyl (C=O) groups excluding carboxylic acids is 2. The van der Waals surface area contributed by atoms with E-state index in [1.165, 1.54) is 11.3 Å². The van der Waals surface area contributed by atoms with Gasteiger partial charge in [-0.15, -0.1) is 11.3 Å². The molecular formula is C23H22ClN3O3S. The molecule has 2 amide bonds. The molecule has 0 saturated carbocycles. The highest BCUT2D eigenvalue weighted by Gasteiger charge is 2.29. The number of thiazole rings is 1. The predicted molar refractivity (Wildman–Crippen MR) is 123 cm³/mol. The van der Waals surface area contributed by atoms with Crippen LogP contribution < -0.4 is 10.1 Å². The standard InChI is InChI=1S/C23H22ClN3O3S/c1-30-19-10-6-15(7-11-19)20-14-31-23(25-20)26-21(28)17-3-2-12-27(13-17)22(29)16-4-8-18(24)9-5-16/h4-11,14,17H,2-3,12-13H2,1H3,(H,25,26,28). The molecule has 2 heterocycles. The molecule has 1 aliphatic heterocycles. The van der Waals surface area contributed by atoms with Crippen LogP contribution in [-0.4, -0.2) is 41.9 Å².